The van der Waals surface area contributed by atoms with Crippen LogP contribution in [0.3, 0.4) is 0 Å². The van der Waals surface area contributed by atoms with Gasteiger partial charge >= 0.3 is 0 Å². The van der Waals surface area contributed by atoms with Crippen LogP contribution >= 0.6 is 11.6 Å². The van der Waals surface area contributed by atoms with Gasteiger partial charge in [0.2, 0.25) is 5.89 Å². The Balaban J connectivity index is 1.68. The van der Waals surface area contributed by atoms with E-state index in [2.05, 4.69) is 4.98 Å². The van der Waals surface area contributed by atoms with Crippen LogP contribution in [0.15, 0.2) is 65.1 Å². The summed E-state index contributed by atoms with van der Waals surface area (Å²) in [5.74, 6) is 2.07. The molecule has 4 rings (SSSR count). The Morgan fingerprint density at radius 3 is 2.48 bits per heavy atom. The van der Waals surface area contributed by atoms with Crippen LogP contribution in [0.4, 0.5) is 0 Å². The van der Waals surface area contributed by atoms with Crippen molar-refractivity contribution in [1.29, 1.82) is 0 Å². The van der Waals surface area contributed by atoms with Gasteiger partial charge < -0.3 is 14.3 Å². The van der Waals surface area contributed by atoms with Crippen LogP contribution < -0.4 is 4.74 Å². The van der Waals surface area contributed by atoms with Crippen LogP contribution in [0.5, 0.6) is 17.2 Å². The molecule has 1 aromatic heterocycles. The van der Waals surface area contributed by atoms with E-state index >= 15 is 0 Å². The highest BCUT2D eigenvalue weighted by molar-refractivity contribution is 6.30. The highest BCUT2D eigenvalue weighted by atomic mass is 35.5. The van der Waals surface area contributed by atoms with Crippen LogP contribution in [-0.4, -0.2) is 10.1 Å². The van der Waals surface area contributed by atoms with Gasteiger partial charge in [0.25, 0.3) is 0 Å². The van der Waals surface area contributed by atoms with E-state index in [1.165, 1.54) is 0 Å². The molecule has 0 saturated heterocycles. The number of phenolic OH excluding ortho intramolecular Hbond substituents is 1. The Hall–Kier alpha value is -2.98. The second-order valence-electron chi connectivity index (χ2n) is 5.70. The Labute approximate surface area is 149 Å². The molecule has 4 nitrogen and oxygen atoms in total. The minimum absolute atomic E-state index is 0.219. The molecule has 0 aliphatic rings. The van der Waals surface area contributed by atoms with E-state index in [9.17, 15) is 5.11 Å². The molecule has 0 fully saturated rings. The zero-order valence-electron chi connectivity index (χ0n) is 13.4. The molecule has 0 bridgehead atoms. The first-order valence-corrected chi connectivity index (χ1v) is 8.10. The number of rotatable bonds is 3. The number of ether oxygens (including phenoxy) is 1. The number of nitrogens with zero attached hydrogens (tertiary/aromatic N) is 1. The van der Waals surface area contributed by atoms with Crippen molar-refractivity contribution in [2.24, 2.45) is 0 Å². The summed E-state index contributed by atoms with van der Waals surface area (Å²) in [5, 5.41) is 10.2. The van der Waals surface area contributed by atoms with Crippen LogP contribution in [0, 0.1) is 6.92 Å². The van der Waals surface area contributed by atoms with E-state index in [0.717, 1.165) is 16.6 Å². The zero-order valence-corrected chi connectivity index (χ0v) is 14.1. The number of aromatic hydroxyl groups is 1. The molecule has 0 aliphatic carbocycles. The minimum atomic E-state index is 0.219. The fourth-order valence-electron chi connectivity index (χ4n) is 2.61. The predicted octanol–water partition coefficient (Wildman–Crippen LogP) is 5.95. The lowest BCUT2D eigenvalue weighted by atomic mass is 10.1. The number of phenols is 1. The number of benzene rings is 3. The number of fused-ring (bicyclic) bond motifs is 1. The van der Waals surface area contributed by atoms with Gasteiger partial charge in [0.05, 0.1) is 0 Å². The predicted molar refractivity (Wildman–Crippen MR) is 97.4 cm³/mol. The normalized spacial score (nSPS) is 11.0. The summed E-state index contributed by atoms with van der Waals surface area (Å²) < 4.78 is 11.7. The fourth-order valence-corrected chi connectivity index (χ4v) is 2.74. The summed E-state index contributed by atoms with van der Waals surface area (Å²) in [6, 6.07) is 17.7. The molecule has 0 saturated carbocycles. The van der Waals surface area contributed by atoms with Crippen molar-refractivity contribution in [3.8, 4) is 28.7 Å². The fraction of sp³-hybridized carbons (Fsp3) is 0.0500. The Bertz CT molecular complexity index is 1050. The third-order valence-electron chi connectivity index (χ3n) is 3.85. The number of aromatic nitrogens is 1. The van der Waals surface area contributed by atoms with Gasteiger partial charge in [-0.3, -0.25) is 0 Å². The molecular formula is C20H14ClNO3. The Kier molecular flexibility index (Phi) is 3.82. The lowest BCUT2D eigenvalue weighted by molar-refractivity contribution is 0.475. The molecule has 1 heterocycles. The Morgan fingerprint density at radius 1 is 0.960 bits per heavy atom. The number of halogens is 1. The van der Waals surface area contributed by atoms with Crippen molar-refractivity contribution in [1.82, 2.24) is 4.98 Å². The molecule has 4 aromatic rings. The number of hydrogen-bond donors (Lipinski definition) is 1. The van der Waals surface area contributed by atoms with Gasteiger partial charge in [-0.2, -0.15) is 0 Å². The van der Waals surface area contributed by atoms with E-state index in [-0.39, 0.29) is 5.75 Å². The van der Waals surface area contributed by atoms with Gasteiger partial charge in [-0.1, -0.05) is 11.6 Å². The van der Waals surface area contributed by atoms with Crippen LogP contribution in [0.25, 0.3) is 22.6 Å². The molecule has 3 aromatic carbocycles. The maximum atomic E-state index is 9.54. The molecule has 0 radical (unpaired) electrons. The van der Waals surface area contributed by atoms with Crippen molar-refractivity contribution < 1.29 is 14.3 Å². The molecule has 5 heteroatoms. The molecule has 0 unspecified atom stereocenters. The topological polar surface area (TPSA) is 55.5 Å². The largest absolute Gasteiger partial charge is 0.508 e. The van der Waals surface area contributed by atoms with Crippen molar-refractivity contribution in [2.45, 2.75) is 6.92 Å². The smallest absolute Gasteiger partial charge is 0.227 e. The van der Waals surface area contributed by atoms with Gasteiger partial charge in [0.15, 0.2) is 5.58 Å². The van der Waals surface area contributed by atoms with E-state index in [1.807, 2.05) is 19.1 Å². The third-order valence-corrected chi connectivity index (χ3v) is 4.10. The maximum absolute atomic E-state index is 9.54. The summed E-state index contributed by atoms with van der Waals surface area (Å²) >= 11 is 5.88. The number of oxazole rings is 1. The van der Waals surface area contributed by atoms with Gasteiger partial charge in [-0.15, -0.1) is 0 Å². The van der Waals surface area contributed by atoms with Gasteiger partial charge in [0.1, 0.15) is 22.8 Å². The van der Waals surface area contributed by atoms with Crippen LogP contribution in [0.2, 0.25) is 5.02 Å². The van der Waals surface area contributed by atoms with Crippen molar-refractivity contribution in [2.75, 3.05) is 0 Å². The van der Waals surface area contributed by atoms with E-state index in [1.54, 1.807) is 48.5 Å². The summed E-state index contributed by atoms with van der Waals surface area (Å²) in [6.07, 6.45) is 0. The summed E-state index contributed by atoms with van der Waals surface area (Å²) in [4.78, 5) is 4.51. The molecule has 0 amide bonds. The summed E-state index contributed by atoms with van der Waals surface area (Å²) in [5.41, 5.74) is 3.11. The SMILES string of the molecule is Cc1cc(O)ccc1-c1nc2ccc(Oc3ccc(Cl)cc3)cc2o1. The monoisotopic (exact) mass is 351 g/mol. The molecule has 1 N–H and O–H groups in total. The maximum Gasteiger partial charge on any atom is 0.227 e. The molecule has 0 atom stereocenters. The van der Waals surface area contributed by atoms with E-state index < -0.39 is 0 Å². The van der Waals surface area contributed by atoms with Crippen LogP contribution in [-0.2, 0) is 0 Å². The summed E-state index contributed by atoms with van der Waals surface area (Å²) in [6.45, 7) is 1.90. The number of aryl methyl sites for hydroxylation is 1. The molecule has 25 heavy (non-hydrogen) atoms. The second-order valence-corrected chi connectivity index (χ2v) is 6.14. The van der Waals surface area contributed by atoms with Crippen molar-refractivity contribution in [3.05, 3.63) is 71.2 Å². The molecular weight excluding hydrogens is 338 g/mol. The van der Waals surface area contributed by atoms with Crippen molar-refractivity contribution >= 4 is 22.7 Å². The average molecular weight is 352 g/mol. The molecule has 0 spiro atoms. The highest BCUT2D eigenvalue weighted by Crippen LogP contribution is 2.31. The number of hydrogen-bond acceptors (Lipinski definition) is 4. The zero-order chi connectivity index (χ0) is 17.4. The molecule has 0 aliphatic heterocycles. The first kappa shape index (κ1) is 15.5. The first-order chi connectivity index (χ1) is 12.1. The average Bonchev–Trinajstić information content (AvgIpc) is 3.00. The third kappa shape index (κ3) is 3.16. The molecule has 124 valence electrons. The Morgan fingerprint density at radius 2 is 1.72 bits per heavy atom. The first-order valence-electron chi connectivity index (χ1n) is 7.72. The second kappa shape index (κ2) is 6.15. The minimum Gasteiger partial charge on any atom is -0.508 e. The van der Waals surface area contributed by atoms with E-state index in [4.69, 9.17) is 20.8 Å². The lowest BCUT2D eigenvalue weighted by Crippen LogP contribution is -1.83. The van der Waals surface area contributed by atoms with Gasteiger partial charge in [0, 0.05) is 16.7 Å². The van der Waals surface area contributed by atoms with Crippen LogP contribution in [0.1, 0.15) is 5.56 Å². The van der Waals surface area contributed by atoms with E-state index in [0.29, 0.717) is 28.0 Å². The highest BCUT2D eigenvalue weighted by Gasteiger charge is 2.12. The van der Waals surface area contributed by atoms with Crippen molar-refractivity contribution in [3.63, 3.8) is 0 Å². The van der Waals surface area contributed by atoms with Gasteiger partial charge in [-0.05, 0) is 67.1 Å². The quantitative estimate of drug-likeness (QED) is 0.495. The lowest BCUT2D eigenvalue weighted by Gasteiger charge is -2.04. The van der Waals surface area contributed by atoms with Gasteiger partial charge in [-0.25, -0.2) is 4.98 Å². The standard InChI is InChI=1S/C20H14ClNO3/c1-12-10-14(23)4-8-17(12)20-22-18-9-7-16(11-19(18)25-20)24-15-5-2-13(21)3-6-15/h2-11,23H,1H3. The summed E-state index contributed by atoms with van der Waals surface area (Å²) in [7, 11) is 0.